The maximum absolute atomic E-state index is 5.86. The Morgan fingerprint density at radius 1 is 1.25 bits per heavy atom. The molecular formula is C13H12N2O. The minimum Gasteiger partial charge on any atom is -0.454 e. The van der Waals surface area contributed by atoms with Crippen molar-refractivity contribution >= 4 is 11.0 Å². The van der Waals surface area contributed by atoms with Crippen molar-refractivity contribution in [1.82, 2.24) is 10.2 Å². The van der Waals surface area contributed by atoms with Crippen molar-refractivity contribution in [3.63, 3.8) is 0 Å². The molecular weight excluding hydrogens is 200 g/mol. The van der Waals surface area contributed by atoms with Crippen molar-refractivity contribution in [2.45, 2.75) is 13.3 Å². The van der Waals surface area contributed by atoms with Gasteiger partial charge in [-0.3, -0.25) is 5.10 Å². The Balaban J connectivity index is 2.32. The number of fused-ring (bicyclic) bond motifs is 1. The van der Waals surface area contributed by atoms with Crippen molar-refractivity contribution < 1.29 is 4.42 Å². The van der Waals surface area contributed by atoms with E-state index >= 15 is 0 Å². The first-order chi connectivity index (χ1) is 7.90. The summed E-state index contributed by atoms with van der Waals surface area (Å²) in [4.78, 5) is 0. The maximum Gasteiger partial charge on any atom is 0.156 e. The molecule has 1 N–H and O–H groups in total. The Bertz CT molecular complexity index is 608. The maximum atomic E-state index is 5.86. The van der Waals surface area contributed by atoms with Gasteiger partial charge in [0.15, 0.2) is 5.76 Å². The molecule has 0 bridgehead atoms. The third kappa shape index (κ3) is 1.25. The van der Waals surface area contributed by atoms with Crippen LogP contribution in [-0.4, -0.2) is 10.2 Å². The normalized spacial score (nSPS) is 11.1. The molecule has 0 saturated carbocycles. The number of aromatic nitrogens is 2. The molecule has 16 heavy (non-hydrogen) atoms. The highest BCUT2D eigenvalue weighted by Crippen LogP contribution is 2.32. The molecule has 0 amide bonds. The molecule has 0 radical (unpaired) electrons. The largest absolute Gasteiger partial charge is 0.454 e. The molecule has 0 spiro atoms. The molecule has 80 valence electrons. The van der Waals surface area contributed by atoms with Crippen LogP contribution >= 0.6 is 0 Å². The average molecular weight is 212 g/mol. The third-order valence-electron chi connectivity index (χ3n) is 2.80. The van der Waals surface area contributed by atoms with Gasteiger partial charge in [0, 0.05) is 17.1 Å². The lowest BCUT2D eigenvalue weighted by atomic mass is 10.1. The van der Waals surface area contributed by atoms with Crippen LogP contribution in [0.1, 0.15) is 12.5 Å². The van der Waals surface area contributed by atoms with Crippen LogP contribution in [0.3, 0.4) is 0 Å². The number of rotatable bonds is 2. The molecule has 1 aromatic carbocycles. The summed E-state index contributed by atoms with van der Waals surface area (Å²) in [5.74, 6) is 0.904. The van der Waals surface area contributed by atoms with Crippen LogP contribution in [0.2, 0.25) is 0 Å². The van der Waals surface area contributed by atoms with Gasteiger partial charge >= 0.3 is 0 Å². The number of benzene rings is 1. The van der Waals surface area contributed by atoms with Crippen LogP contribution < -0.4 is 0 Å². The molecule has 0 aliphatic carbocycles. The summed E-state index contributed by atoms with van der Waals surface area (Å²) in [6.45, 7) is 2.14. The van der Waals surface area contributed by atoms with E-state index in [4.69, 9.17) is 4.42 Å². The van der Waals surface area contributed by atoms with Gasteiger partial charge in [-0.05, 0) is 18.6 Å². The van der Waals surface area contributed by atoms with E-state index in [2.05, 4.69) is 23.2 Å². The van der Waals surface area contributed by atoms with E-state index in [1.807, 2.05) is 24.3 Å². The van der Waals surface area contributed by atoms with Gasteiger partial charge in [0.05, 0.1) is 0 Å². The van der Waals surface area contributed by atoms with Gasteiger partial charge in [0.2, 0.25) is 0 Å². The first kappa shape index (κ1) is 9.21. The van der Waals surface area contributed by atoms with E-state index in [1.54, 1.807) is 6.20 Å². The topological polar surface area (TPSA) is 41.8 Å². The van der Waals surface area contributed by atoms with Gasteiger partial charge in [0.1, 0.15) is 11.3 Å². The van der Waals surface area contributed by atoms with Crippen LogP contribution in [0, 0.1) is 0 Å². The number of para-hydroxylation sites is 1. The predicted octanol–water partition coefficient (Wildman–Crippen LogP) is 3.39. The number of aromatic amines is 1. The minimum atomic E-state index is 0.904. The molecule has 3 nitrogen and oxygen atoms in total. The van der Waals surface area contributed by atoms with E-state index in [0.717, 1.165) is 23.5 Å². The predicted molar refractivity (Wildman–Crippen MR) is 63.2 cm³/mol. The van der Waals surface area contributed by atoms with Gasteiger partial charge in [-0.1, -0.05) is 25.1 Å². The summed E-state index contributed by atoms with van der Waals surface area (Å²) in [5.41, 5.74) is 3.11. The van der Waals surface area contributed by atoms with Crippen LogP contribution in [-0.2, 0) is 6.42 Å². The Morgan fingerprint density at radius 3 is 2.88 bits per heavy atom. The summed E-state index contributed by atoms with van der Waals surface area (Å²) >= 11 is 0. The van der Waals surface area contributed by atoms with Crippen LogP contribution in [0.5, 0.6) is 0 Å². The number of nitrogens with one attached hydrogen (secondary N) is 1. The molecule has 3 aromatic rings. The SMILES string of the molecule is CCc1c(-c2ccn[nH]2)oc2ccccc12. The first-order valence-electron chi connectivity index (χ1n) is 5.40. The van der Waals surface area contributed by atoms with E-state index < -0.39 is 0 Å². The van der Waals surface area contributed by atoms with E-state index in [1.165, 1.54) is 10.9 Å². The fourth-order valence-corrected chi connectivity index (χ4v) is 2.05. The molecule has 2 heterocycles. The zero-order chi connectivity index (χ0) is 11.0. The standard InChI is InChI=1S/C13H12N2O/c1-2-9-10-5-3-4-6-12(10)16-13(9)11-7-8-14-15-11/h3-8H,2H2,1H3,(H,14,15). The van der Waals surface area contributed by atoms with Crippen molar-refractivity contribution in [2.75, 3.05) is 0 Å². The lowest BCUT2D eigenvalue weighted by Gasteiger charge is -1.95. The van der Waals surface area contributed by atoms with Gasteiger partial charge in [-0.2, -0.15) is 5.10 Å². The molecule has 3 rings (SSSR count). The molecule has 2 aromatic heterocycles. The van der Waals surface area contributed by atoms with Gasteiger partial charge < -0.3 is 4.42 Å². The molecule has 0 atom stereocenters. The first-order valence-corrected chi connectivity index (χ1v) is 5.40. The number of hydrogen-bond acceptors (Lipinski definition) is 2. The second kappa shape index (κ2) is 3.52. The molecule has 0 fully saturated rings. The third-order valence-corrected chi connectivity index (χ3v) is 2.80. The molecule has 0 saturated heterocycles. The zero-order valence-corrected chi connectivity index (χ0v) is 9.03. The summed E-state index contributed by atoms with van der Waals surface area (Å²) < 4.78 is 5.86. The van der Waals surface area contributed by atoms with Crippen LogP contribution in [0.25, 0.3) is 22.4 Å². The minimum absolute atomic E-state index is 0.904. The van der Waals surface area contributed by atoms with Crippen molar-refractivity contribution in [1.29, 1.82) is 0 Å². The lowest BCUT2D eigenvalue weighted by molar-refractivity contribution is 0.624. The van der Waals surface area contributed by atoms with Crippen molar-refractivity contribution in [3.05, 3.63) is 42.1 Å². The van der Waals surface area contributed by atoms with Crippen molar-refractivity contribution in [2.24, 2.45) is 0 Å². The molecule has 0 unspecified atom stereocenters. The highest BCUT2D eigenvalue weighted by molar-refractivity contribution is 5.87. The summed E-state index contributed by atoms with van der Waals surface area (Å²) in [6.07, 6.45) is 2.69. The fourth-order valence-electron chi connectivity index (χ4n) is 2.05. The quantitative estimate of drug-likeness (QED) is 0.707. The molecule has 3 heteroatoms. The van der Waals surface area contributed by atoms with Gasteiger partial charge in [-0.15, -0.1) is 0 Å². The van der Waals surface area contributed by atoms with E-state index in [9.17, 15) is 0 Å². The zero-order valence-electron chi connectivity index (χ0n) is 9.03. The van der Waals surface area contributed by atoms with Gasteiger partial charge in [0.25, 0.3) is 0 Å². The van der Waals surface area contributed by atoms with E-state index in [-0.39, 0.29) is 0 Å². The Morgan fingerprint density at radius 2 is 2.12 bits per heavy atom. The molecule has 0 aliphatic rings. The van der Waals surface area contributed by atoms with E-state index in [0.29, 0.717) is 0 Å². The summed E-state index contributed by atoms with van der Waals surface area (Å²) in [5, 5.41) is 8.09. The summed E-state index contributed by atoms with van der Waals surface area (Å²) in [7, 11) is 0. The van der Waals surface area contributed by atoms with Gasteiger partial charge in [-0.25, -0.2) is 0 Å². The monoisotopic (exact) mass is 212 g/mol. The van der Waals surface area contributed by atoms with Crippen LogP contribution in [0.15, 0.2) is 40.9 Å². The Hall–Kier alpha value is -2.03. The number of furan rings is 1. The number of nitrogens with zero attached hydrogens (tertiary/aromatic N) is 1. The average Bonchev–Trinajstić information content (AvgIpc) is 2.95. The highest BCUT2D eigenvalue weighted by atomic mass is 16.3. The second-order valence-electron chi connectivity index (χ2n) is 3.73. The lowest BCUT2D eigenvalue weighted by Crippen LogP contribution is -1.82. The number of hydrogen-bond donors (Lipinski definition) is 1. The highest BCUT2D eigenvalue weighted by Gasteiger charge is 2.14. The Kier molecular flexibility index (Phi) is 2.03. The summed E-state index contributed by atoms with van der Waals surface area (Å²) in [6, 6.07) is 10.0. The molecule has 0 aliphatic heterocycles. The van der Waals surface area contributed by atoms with Crippen molar-refractivity contribution in [3.8, 4) is 11.5 Å². The smallest absolute Gasteiger partial charge is 0.156 e. The number of aryl methyl sites for hydroxylation is 1. The second-order valence-corrected chi connectivity index (χ2v) is 3.73. The number of H-pyrrole nitrogens is 1. The fraction of sp³-hybridized carbons (Fsp3) is 0.154. The van der Waals surface area contributed by atoms with Crippen LogP contribution in [0.4, 0.5) is 0 Å². The Labute approximate surface area is 93.1 Å².